The van der Waals surface area contributed by atoms with E-state index in [1.807, 2.05) is 30.5 Å². The van der Waals surface area contributed by atoms with Gasteiger partial charge < -0.3 is 10.4 Å². The molecule has 1 amide bonds. The van der Waals surface area contributed by atoms with E-state index >= 15 is 0 Å². The van der Waals surface area contributed by atoms with Crippen LogP contribution in [0.15, 0.2) is 29.6 Å². The number of benzene rings is 1. The van der Waals surface area contributed by atoms with Crippen molar-refractivity contribution in [1.29, 1.82) is 0 Å². The van der Waals surface area contributed by atoms with Crippen LogP contribution < -0.4 is 5.32 Å². The average molecular weight is 290 g/mol. The Balaban J connectivity index is 2.07. The summed E-state index contributed by atoms with van der Waals surface area (Å²) < 4.78 is 0. The molecule has 2 rings (SSSR count). The van der Waals surface area contributed by atoms with Gasteiger partial charge in [-0.3, -0.25) is 4.79 Å². The fourth-order valence-corrected chi connectivity index (χ4v) is 2.57. The lowest BCUT2D eigenvalue weighted by atomic mass is 10.1. The van der Waals surface area contributed by atoms with Gasteiger partial charge in [-0.15, -0.1) is 11.3 Å². The predicted molar refractivity (Wildman–Crippen MR) is 80.9 cm³/mol. The highest BCUT2D eigenvalue weighted by Crippen LogP contribution is 2.24. The average Bonchev–Trinajstić information content (AvgIpc) is 2.85. The van der Waals surface area contributed by atoms with Crippen molar-refractivity contribution in [3.05, 3.63) is 40.9 Å². The van der Waals surface area contributed by atoms with Crippen molar-refractivity contribution < 1.29 is 9.90 Å². The molecule has 0 saturated heterocycles. The van der Waals surface area contributed by atoms with Crippen molar-refractivity contribution in [2.75, 3.05) is 6.54 Å². The molecule has 0 bridgehead atoms. The van der Waals surface area contributed by atoms with Crippen LogP contribution in [-0.4, -0.2) is 28.6 Å². The number of nitrogens with zero attached hydrogens (tertiary/aromatic N) is 1. The first kappa shape index (κ1) is 14.7. The molecule has 2 N–H and O–H groups in total. The van der Waals surface area contributed by atoms with Crippen molar-refractivity contribution >= 4 is 17.2 Å². The second-order valence-electron chi connectivity index (χ2n) is 4.77. The first-order chi connectivity index (χ1) is 9.56. The topological polar surface area (TPSA) is 62.2 Å². The van der Waals surface area contributed by atoms with E-state index in [1.54, 1.807) is 24.3 Å². The Kier molecular flexibility index (Phi) is 4.87. The predicted octanol–water partition coefficient (Wildman–Crippen LogP) is 2.62. The standard InChI is InChI=1S/C15H18N2O2S/c1-10-9-20-15(17-10)13-5-3-4-12(8-13)14(19)16-7-6-11(2)18/h3-5,8-9,11,18H,6-7H2,1-2H3,(H,16,19). The second kappa shape index (κ2) is 6.63. The molecule has 1 unspecified atom stereocenters. The van der Waals surface area contributed by atoms with Crippen molar-refractivity contribution in [1.82, 2.24) is 10.3 Å². The molecule has 2 aromatic rings. The van der Waals surface area contributed by atoms with Crippen LogP contribution >= 0.6 is 11.3 Å². The number of hydrogen-bond acceptors (Lipinski definition) is 4. The van der Waals surface area contributed by atoms with Gasteiger partial charge in [0.15, 0.2) is 0 Å². The van der Waals surface area contributed by atoms with E-state index in [0.29, 0.717) is 18.5 Å². The molecule has 0 saturated carbocycles. The summed E-state index contributed by atoms with van der Waals surface area (Å²) in [4.78, 5) is 16.4. The SMILES string of the molecule is Cc1csc(-c2cccc(C(=O)NCCC(C)O)c2)n1. The van der Waals surface area contributed by atoms with Crippen molar-refractivity contribution in [2.24, 2.45) is 0 Å². The van der Waals surface area contributed by atoms with Gasteiger partial charge in [0.2, 0.25) is 0 Å². The highest BCUT2D eigenvalue weighted by molar-refractivity contribution is 7.13. The Hall–Kier alpha value is -1.72. The number of aliphatic hydroxyl groups excluding tert-OH is 1. The largest absolute Gasteiger partial charge is 0.393 e. The fraction of sp³-hybridized carbons (Fsp3) is 0.333. The van der Waals surface area contributed by atoms with Gasteiger partial charge >= 0.3 is 0 Å². The first-order valence-corrected chi connectivity index (χ1v) is 7.43. The van der Waals surface area contributed by atoms with Gasteiger partial charge in [0.1, 0.15) is 5.01 Å². The van der Waals surface area contributed by atoms with E-state index in [1.165, 1.54) is 0 Å². The molecular formula is C15H18N2O2S. The third-order valence-corrected chi connectivity index (χ3v) is 3.85. The molecule has 5 heteroatoms. The molecule has 1 aromatic heterocycles. The number of aryl methyl sites for hydroxylation is 1. The number of carbonyl (C=O) groups is 1. The van der Waals surface area contributed by atoms with Gasteiger partial charge in [-0.1, -0.05) is 12.1 Å². The van der Waals surface area contributed by atoms with Gasteiger partial charge in [0.05, 0.1) is 6.10 Å². The Morgan fingerprint density at radius 2 is 2.30 bits per heavy atom. The van der Waals surface area contributed by atoms with Crippen molar-refractivity contribution in [3.8, 4) is 10.6 Å². The minimum atomic E-state index is -0.403. The molecule has 106 valence electrons. The highest BCUT2D eigenvalue weighted by Gasteiger charge is 2.09. The summed E-state index contributed by atoms with van der Waals surface area (Å²) in [6, 6.07) is 7.43. The zero-order valence-electron chi connectivity index (χ0n) is 11.6. The van der Waals surface area contributed by atoms with E-state index < -0.39 is 6.10 Å². The van der Waals surface area contributed by atoms with Gasteiger partial charge in [-0.05, 0) is 32.4 Å². The van der Waals surface area contributed by atoms with Crippen LogP contribution in [0.25, 0.3) is 10.6 Å². The first-order valence-electron chi connectivity index (χ1n) is 6.55. The third kappa shape index (κ3) is 3.88. The minimum absolute atomic E-state index is 0.124. The molecule has 1 aromatic carbocycles. The quantitative estimate of drug-likeness (QED) is 0.890. The summed E-state index contributed by atoms with van der Waals surface area (Å²) in [6.45, 7) is 4.13. The molecule has 0 aliphatic heterocycles. The Morgan fingerprint density at radius 3 is 2.95 bits per heavy atom. The van der Waals surface area contributed by atoms with E-state index in [0.717, 1.165) is 16.3 Å². The maximum absolute atomic E-state index is 12.0. The summed E-state index contributed by atoms with van der Waals surface area (Å²) >= 11 is 1.57. The smallest absolute Gasteiger partial charge is 0.251 e. The fourth-order valence-electron chi connectivity index (χ4n) is 1.78. The zero-order valence-corrected chi connectivity index (χ0v) is 12.4. The summed E-state index contributed by atoms with van der Waals surface area (Å²) in [5.41, 5.74) is 2.55. The third-order valence-electron chi connectivity index (χ3n) is 2.84. The molecule has 4 nitrogen and oxygen atoms in total. The maximum atomic E-state index is 12.0. The maximum Gasteiger partial charge on any atom is 0.251 e. The van der Waals surface area contributed by atoms with Crippen LogP contribution in [0.3, 0.4) is 0 Å². The monoisotopic (exact) mass is 290 g/mol. The number of hydrogen-bond donors (Lipinski definition) is 2. The van der Waals surface area contributed by atoms with Gasteiger partial charge in [0.25, 0.3) is 5.91 Å². The van der Waals surface area contributed by atoms with Crippen molar-refractivity contribution in [3.63, 3.8) is 0 Å². The number of carbonyl (C=O) groups excluding carboxylic acids is 1. The Bertz CT molecular complexity index is 593. The number of amides is 1. The second-order valence-corrected chi connectivity index (χ2v) is 5.63. The lowest BCUT2D eigenvalue weighted by Gasteiger charge is -2.07. The van der Waals surface area contributed by atoms with Gasteiger partial charge in [-0.25, -0.2) is 4.98 Å². The highest BCUT2D eigenvalue weighted by atomic mass is 32.1. The summed E-state index contributed by atoms with van der Waals surface area (Å²) in [6.07, 6.45) is 0.150. The Labute approximate surface area is 122 Å². The van der Waals surface area contributed by atoms with Crippen molar-refractivity contribution in [2.45, 2.75) is 26.4 Å². The lowest BCUT2D eigenvalue weighted by molar-refractivity contribution is 0.0945. The number of thiazole rings is 1. The molecule has 0 aliphatic carbocycles. The number of nitrogens with one attached hydrogen (secondary N) is 1. The number of aromatic nitrogens is 1. The minimum Gasteiger partial charge on any atom is -0.393 e. The lowest BCUT2D eigenvalue weighted by Crippen LogP contribution is -2.26. The van der Waals surface area contributed by atoms with Crippen LogP contribution in [0, 0.1) is 6.92 Å². The Morgan fingerprint density at radius 1 is 1.50 bits per heavy atom. The normalized spacial score (nSPS) is 12.2. The molecule has 1 heterocycles. The van der Waals surface area contributed by atoms with E-state index in [4.69, 9.17) is 0 Å². The van der Waals surface area contributed by atoms with Gasteiger partial charge in [-0.2, -0.15) is 0 Å². The van der Waals surface area contributed by atoms with E-state index in [2.05, 4.69) is 10.3 Å². The summed E-state index contributed by atoms with van der Waals surface area (Å²) in [5, 5.41) is 14.9. The van der Waals surface area contributed by atoms with Crippen LogP contribution in [-0.2, 0) is 0 Å². The summed E-state index contributed by atoms with van der Waals surface area (Å²) in [7, 11) is 0. The van der Waals surface area contributed by atoms with E-state index in [9.17, 15) is 9.90 Å². The molecule has 20 heavy (non-hydrogen) atoms. The molecule has 1 atom stereocenters. The van der Waals surface area contributed by atoms with Crippen LogP contribution in [0.1, 0.15) is 29.4 Å². The molecule has 0 radical (unpaired) electrons. The van der Waals surface area contributed by atoms with Crippen LogP contribution in [0.4, 0.5) is 0 Å². The van der Waals surface area contributed by atoms with Crippen LogP contribution in [0.2, 0.25) is 0 Å². The van der Waals surface area contributed by atoms with E-state index in [-0.39, 0.29) is 5.91 Å². The van der Waals surface area contributed by atoms with Gasteiger partial charge in [0, 0.05) is 28.7 Å². The molecule has 0 spiro atoms. The van der Waals surface area contributed by atoms with Crippen LogP contribution in [0.5, 0.6) is 0 Å². The molecular weight excluding hydrogens is 272 g/mol. The molecule has 0 fully saturated rings. The zero-order chi connectivity index (χ0) is 14.5. The summed E-state index contributed by atoms with van der Waals surface area (Å²) in [5.74, 6) is -0.124. The number of rotatable bonds is 5. The number of aliphatic hydroxyl groups is 1. The molecule has 0 aliphatic rings.